The number of phenolic OH excluding ortho intramolecular Hbond substituents is 1. The number of phenols is 1. The van der Waals surface area contributed by atoms with Crippen LogP contribution in [0.15, 0.2) is 18.2 Å². The van der Waals surface area contributed by atoms with E-state index < -0.39 is 0 Å². The Morgan fingerprint density at radius 3 is 2.57 bits per heavy atom. The van der Waals surface area contributed by atoms with Gasteiger partial charge in [0.25, 0.3) is 0 Å². The number of nitrogens with two attached hydrogens (primary N) is 1. The highest BCUT2D eigenvalue weighted by atomic mass is 16.5. The summed E-state index contributed by atoms with van der Waals surface area (Å²) in [4.78, 5) is 4.65. The fraction of sp³-hybridized carbons (Fsp3) is 0.625. The summed E-state index contributed by atoms with van der Waals surface area (Å²) in [5.74, 6) is 0.711. The zero-order valence-corrected chi connectivity index (χ0v) is 13.3. The van der Waals surface area contributed by atoms with E-state index in [0.717, 1.165) is 38.2 Å². The van der Waals surface area contributed by atoms with E-state index in [1.165, 1.54) is 0 Å². The molecule has 2 rings (SSSR count). The summed E-state index contributed by atoms with van der Waals surface area (Å²) >= 11 is 0. The zero-order valence-electron chi connectivity index (χ0n) is 13.3. The third-order valence-electron chi connectivity index (χ3n) is 4.11. The van der Waals surface area contributed by atoms with Gasteiger partial charge in [0.2, 0.25) is 0 Å². The van der Waals surface area contributed by atoms with E-state index in [2.05, 4.69) is 23.8 Å². The summed E-state index contributed by atoms with van der Waals surface area (Å²) in [7, 11) is 2.14. The van der Waals surface area contributed by atoms with Crippen molar-refractivity contribution in [3.05, 3.63) is 23.8 Å². The van der Waals surface area contributed by atoms with Gasteiger partial charge in [0.15, 0.2) is 11.5 Å². The summed E-state index contributed by atoms with van der Waals surface area (Å²) in [6.07, 6.45) is 0.733. The highest BCUT2D eigenvalue weighted by Crippen LogP contribution is 2.28. The number of likely N-dealkylation sites (N-methyl/N-ethyl adjacent to an activating group) is 1. The lowest BCUT2D eigenvalue weighted by atomic mass is 9.99. The van der Waals surface area contributed by atoms with Crippen molar-refractivity contribution in [1.82, 2.24) is 9.80 Å². The summed E-state index contributed by atoms with van der Waals surface area (Å²) < 4.78 is 5.44. The minimum Gasteiger partial charge on any atom is -0.504 e. The SMILES string of the molecule is CCOc1cc(CC(C)(N)N2CCN(C)CC2)ccc1O. The number of nitrogens with zero attached hydrogens (tertiary/aromatic N) is 2. The molecule has 1 aromatic rings. The summed E-state index contributed by atoms with van der Waals surface area (Å²) in [5.41, 5.74) is 7.23. The van der Waals surface area contributed by atoms with Gasteiger partial charge in [-0.2, -0.15) is 0 Å². The lowest BCUT2D eigenvalue weighted by molar-refractivity contribution is 0.0546. The van der Waals surface area contributed by atoms with E-state index in [4.69, 9.17) is 10.5 Å². The second kappa shape index (κ2) is 6.64. The monoisotopic (exact) mass is 293 g/mol. The Kier molecular flexibility index (Phi) is 5.08. The molecule has 0 aromatic heterocycles. The Morgan fingerprint density at radius 2 is 1.95 bits per heavy atom. The van der Waals surface area contributed by atoms with Gasteiger partial charge in [-0.1, -0.05) is 6.07 Å². The van der Waals surface area contributed by atoms with Gasteiger partial charge in [-0.15, -0.1) is 0 Å². The lowest BCUT2D eigenvalue weighted by Crippen LogP contribution is -2.60. The van der Waals surface area contributed by atoms with Crippen molar-refractivity contribution in [2.45, 2.75) is 25.9 Å². The van der Waals surface area contributed by atoms with Crippen LogP contribution in [0, 0.1) is 0 Å². The topological polar surface area (TPSA) is 62.0 Å². The Bertz CT molecular complexity index is 469. The second-order valence-corrected chi connectivity index (χ2v) is 6.06. The molecule has 0 amide bonds. The van der Waals surface area contributed by atoms with Gasteiger partial charge < -0.3 is 20.5 Å². The molecule has 3 N–H and O–H groups in total. The molecule has 0 spiro atoms. The molecule has 1 fully saturated rings. The van der Waals surface area contributed by atoms with Crippen LogP contribution in [-0.4, -0.2) is 60.4 Å². The van der Waals surface area contributed by atoms with E-state index in [1.54, 1.807) is 6.07 Å². The van der Waals surface area contributed by atoms with Gasteiger partial charge >= 0.3 is 0 Å². The Morgan fingerprint density at radius 1 is 1.29 bits per heavy atom. The first-order chi connectivity index (χ1) is 9.92. The number of rotatable bonds is 5. The van der Waals surface area contributed by atoms with Crippen molar-refractivity contribution in [2.24, 2.45) is 5.73 Å². The highest BCUT2D eigenvalue weighted by Gasteiger charge is 2.30. The number of hydrogen-bond acceptors (Lipinski definition) is 5. The first-order valence-electron chi connectivity index (χ1n) is 7.59. The molecule has 0 saturated carbocycles. The first-order valence-corrected chi connectivity index (χ1v) is 7.59. The van der Waals surface area contributed by atoms with Gasteiger partial charge in [0, 0.05) is 32.6 Å². The van der Waals surface area contributed by atoms with Gasteiger partial charge in [-0.25, -0.2) is 0 Å². The van der Waals surface area contributed by atoms with Crippen LogP contribution in [0.25, 0.3) is 0 Å². The third kappa shape index (κ3) is 4.09. The number of ether oxygens (including phenoxy) is 1. The quantitative estimate of drug-likeness (QED) is 0.856. The van der Waals surface area contributed by atoms with Gasteiger partial charge in [0.05, 0.1) is 12.3 Å². The normalized spacial score (nSPS) is 20.2. The Hall–Kier alpha value is -1.30. The Labute approximate surface area is 127 Å². The predicted octanol–water partition coefficient (Wildman–Crippen LogP) is 1.26. The van der Waals surface area contributed by atoms with Crippen molar-refractivity contribution in [3.63, 3.8) is 0 Å². The van der Waals surface area contributed by atoms with Crippen molar-refractivity contribution in [1.29, 1.82) is 0 Å². The second-order valence-electron chi connectivity index (χ2n) is 6.06. The summed E-state index contributed by atoms with van der Waals surface area (Å²) in [6, 6.07) is 5.49. The van der Waals surface area contributed by atoms with E-state index in [1.807, 2.05) is 19.1 Å². The molecule has 118 valence electrons. The van der Waals surface area contributed by atoms with E-state index in [0.29, 0.717) is 12.4 Å². The Balaban J connectivity index is 2.07. The van der Waals surface area contributed by atoms with Crippen LogP contribution < -0.4 is 10.5 Å². The van der Waals surface area contributed by atoms with Crippen LogP contribution in [-0.2, 0) is 6.42 Å². The molecule has 5 nitrogen and oxygen atoms in total. The molecule has 1 aliphatic rings. The van der Waals surface area contributed by atoms with Crippen molar-refractivity contribution >= 4 is 0 Å². The molecule has 1 unspecified atom stereocenters. The van der Waals surface area contributed by atoms with Crippen molar-refractivity contribution < 1.29 is 9.84 Å². The average molecular weight is 293 g/mol. The molecule has 1 atom stereocenters. The van der Waals surface area contributed by atoms with Crippen LogP contribution in [0.3, 0.4) is 0 Å². The van der Waals surface area contributed by atoms with E-state index in [-0.39, 0.29) is 11.4 Å². The largest absolute Gasteiger partial charge is 0.504 e. The maximum atomic E-state index is 9.77. The van der Waals surface area contributed by atoms with Crippen LogP contribution in [0.2, 0.25) is 0 Å². The minimum absolute atomic E-state index is 0.180. The maximum absolute atomic E-state index is 9.77. The molecular formula is C16H27N3O2. The van der Waals surface area contributed by atoms with Gasteiger partial charge in [-0.05, 0) is 38.6 Å². The molecule has 5 heteroatoms. The molecule has 1 aromatic carbocycles. The molecule has 1 heterocycles. The lowest BCUT2D eigenvalue weighted by Gasteiger charge is -2.43. The highest BCUT2D eigenvalue weighted by molar-refractivity contribution is 5.42. The molecule has 1 aliphatic heterocycles. The standard InChI is InChI=1S/C16H27N3O2/c1-4-21-15-11-13(5-6-14(15)20)12-16(2,17)19-9-7-18(3)8-10-19/h5-6,11,20H,4,7-10,12,17H2,1-3H3. The van der Waals surface area contributed by atoms with Crippen LogP contribution >= 0.6 is 0 Å². The summed E-state index contributed by atoms with van der Waals surface area (Å²) in [6.45, 7) is 8.59. The number of benzene rings is 1. The smallest absolute Gasteiger partial charge is 0.161 e. The van der Waals surface area contributed by atoms with Crippen LogP contribution in [0.4, 0.5) is 0 Å². The zero-order chi connectivity index (χ0) is 15.5. The van der Waals surface area contributed by atoms with Crippen molar-refractivity contribution in [3.8, 4) is 11.5 Å². The fourth-order valence-electron chi connectivity index (χ4n) is 2.78. The number of piperazine rings is 1. The molecule has 1 saturated heterocycles. The first kappa shape index (κ1) is 16.1. The molecule has 0 bridgehead atoms. The fourth-order valence-corrected chi connectivity index (χ4v) is 2.78. The maximum Gasteiger partial charge on any atom is 0.161 e. The van der Waals surface area contributed by atoms with Gasteiger partial charge in [0.1, 0.15) is 0 Å². The minimum atomic E-state index is -0.387. The molecule has 0 radical (unpaired) electrons. The van der Waals surface area contributed by atoms with E-state index in [9.17, 15) is 5.11 Å². The van der Waals surface area contributed by atoms with Crippen LogP contribution in [0.5, 0.6) is 11.5 Å². The molecule has 0 aliphatic carbocycles. The number of hydrogen-bond donors (Lipinski definition) is 2. The van der Waals surface area contributed by atoms with Crippen LogP contribution in [0.1, 0.15) is 19.4 Å². The predicted molar refractivity (Wildman–Crippen MR) is 84.6 cm³/mol. The van der Waals surface area contributed by atoms with Crippen molar-refractivity contribution in [2.75, 3.05) is 39.8 Å². The molecular weight excluding hydrogens is 266 g/mol. The third-order valence-corrected chi connectivity index (χ3v) is 4.11. The average Bonchev–Trinajstić information content (AvgIpc) is 2.43. The number of aromatic hydroxyl groups is 1. The van der Waals surface area contributed by atoms with E-state index >= 15 is 0 Å². The summed E-state index contributed by atoms with van der Waals surface area (Å²) in [5, 5.41) is 9.77. The molecule has 21 heavy (non-hydrogen) atoms. The van der Waals surface area contributed by atoms with Gasteiger partial charge in [-0.3, -0.25) is 4.90 Å².